The van der Waals surface area contributed by atoms with E-state index in [0.717, 1.165) is 46.8 Å². The van der Waals surface area contributed by atoms with Gasteiger partial charge in [-0.3, -0.25) is 0 Å². The van der Waals surface area contributed by atoms with Crippen LogP contribution in [0.1, 0.15) is 77.5 Å². The van der Waals surface area contributed by atoms with Crippen LogP contribution in [0.2, 0.25) is 0 Å². The number of para-hydroxylation sites is 2. The molecular formula is C29H40N4O. The zero-order chi connectivity index (χ0) is 24.5. The maximum absolute atomic E-state index is 11.0. The van der Waals surface area contributed by atoms with E-state index in [2.05, 4.69) is 81.3 Å². The molecule has 1 N–H and O–H groups in total. The molecule has 0 spiro atoms. The molecule has 2 heterocycles. The van der Waals surface area contributed by atoms with Gasteiger partial charge in [0.15, 0.2) is 0 Å². The first-order chi connectivity index (χ1) is 16.0. The normalized spacial score (nSPS) is 16.1. The number of aromatic hydroxyl groups is 1. The lowest BCUT2D eigenvalue weighted by Gasteiger charge is -2.27. The van der Waals surface area contributed by atoms with Gasteiger partial charge in [0.05, 0.1) is 11.0 Å². The summed E-state index contributed by atoms with van der Waals surface area (Å²) < 4.78 is 2.25. The number of phenols is 1. The van der Waals surface area contributed by atoms with Crippen molar-refractivity contribution in [3.05, 3.63) is 53.1 Å². The highest BCUT2D eigenvalue weighted by Crippen LogP contribution is 2.39. The van der Waals surface area contributed by atoms with Crippen molar-refractivity contribution in [2.75, 3.05) is 19.6 Å². The molecule has 5 nitrogen and oxygen atoms in total. The number of aromatic nitrogens is 2. The summed E-state index contributed by atoms with van der Waals surface area (Å²) in [6.07, 6.45) is 5.84. The number of hydrogen-bond donors (Lipinski definition) is 1. The molecule has 0 aliphatic carbocycles. The summed E-state index contributed by atoms with van der Waals surface area (Å²) in [6, 6.07) is 12.4. The summed E-state index contributed by atoms with van der Waals surface area (Å²) in [5.74, 6) is 1.13. The largest absolute Gasteiger partial charge is 0.507 e. The van der Waals surface area contributed by atoms with Gasteiger partial charge in [0, 0.05) is 30.4 Å². The van der Waals surface area contributed by atoms with E-state index in [-0.39, 0.29) is 10.8 Å². The Hall–Kier alpha value is -2.66. The van der Waals surface area contributed by atoms with Gasteiger partial charge in [0.25, 0.3) is 0 Å². The fourth-order valence-corrected chi connectivity index (χ4v) is 4.81. The number of hydrogen-bond acceptors (Lipinski definition) is 4. The van der Waals surface area contributed by atoms with Gasteiger partial charge >= 0.3 is 0 Å². The smallest absolute Gasteiger partial charge is 0.230 e. The number of piperidine rings is 1. The minimum Gasteiger partial charge on any atom is -0.507 e. The summed E-state index contributed by atoms with van der Waals surface area (Å²) in [5, 5.41) is 11.0. The molecule has 0 bridgehead atoms. The van der Waals surface area contributed by atoms with Crippen molar-refractivity contribution in [2.45, 2.75) is 78.2 Å². The van der Waals surface area contributed by atoms with Gasteiger partial charge < -0.3 is 14.6 Å². The Balaban J connectivity index is 1.71. The molecule has 1 saturated heterocycles. The van der Waals surface area contributed by atoms with Gasteiger partial charge in [0.2, 0.25) is 5.95 Å². The van der Waals surface area contributed by atoms with Gasteiger partial charge in [0.1, 0.15) is 5.75 Å². The standard InChI is InChI=1S/C29H40N4O/c1-28(2,3)22-18-21(19-23(26(22)34)29(4,5)6)20-30-27-31-24-12-8-9-13-25(24)33(27)17-16-32-14-10-7-11-15-32/h8-9,12-13,18-20,34H,7,10-11,14-17H2,1-6H3/b30-20+. The Morgan fingerprint density at radius 1 is 0.912 bits per heavy atom. The number of phenolic OH excluding ortho intramolecular Hbond substituents is 1. The van der Waals surface area contributed by atoms with Crippen LogP contribution in [0.3, 0.4) is 0 Å². The van der Waals surface area contributed by atoms with Crippen LogP contribution in [-0.2, 0) is 17.4 Å². The molecule has 4 rings (SSSR count). The van der Waals surface area contributed by atoms with Crippen molar-refractivity contribution in [3.63, 3.8) is 0 Å². The van der Waals surface area contributed by atoms with Crippen LogP contribution in [-0.4, -0.2) is 45.4 Å². The lowest BCUT2D eigenvalue weighted by Crippen LogP contribution is -2.32. The number of aliphatic imine (C=N–C) groups is 1. The maximum atomic E-state index is 11.0. The molecule has 3 aromatic rings. The van der Waals surface area contributed by atoms with Crippen molar-refractivity contribution >= 4 is 23.2 Å². The van der Waals surface area contributed by atoms with Crippen molar-refractivity contribution in [3.8, 4) is 5.75 Å². The van der Waals surface area contributed by atoms with Gasteiger partial charge in [-0.15, -0.1) is 0 Å². The van der Waals surface area contributed by atoms with Crippen molar-refractivity contribution in [2.24, 2.45) is 4.99 Å². The molecule has 0 saturated carbocycles. The highest BCUT2D eigenvalue weighted by molar-refractivity contribution is 5.85. The monoisotopic (exact) mass is 460 g/mol. The Bertz CT molecular complexity index is 1140. The predicted molar refractivity (Wildman–Crippen MR) is 143 cm³/mol. The highest BCUT2D eigenvalue weighted by atomic mass is 16.3. The van der Waals surface area contributed by atoms with Crippen molar-refractivity contribution in [1.82, 2.24) is 14.5 Å². The molecule has 1 aliphatic heterocycles. The molecule has 1 aromatic heterocycles. The van der Waals surface area contributed by atoms with Gasteiger partial charge in [-0.05, 0) is 66.6 Å². The molecule has 5 heteroatoms. The zero-order valence-electron chi connectivity index (χ0n) is 21.7. The first-order valence-electron chi connectivity index (χ1n) is 12.6. The molecule has 0 unspecified atom stereocenters. The van der Waals surface area contributed by atoms with E-state index < -0.39 is 0 Å². The first kappa shape index (κ1) is 24.5. The highest BCUT2D eigenvalue weighted by Gasteiger charge is 2.26. The lowest BCUT2D eigenvalue weighted by molar-refractivity contribution is 0.222. The second kappa shape index (κ2) is 9.53. The Morgan fingerprint density at radius 2 is 1.53 bits per heavy atom. The summed E-state index contributed by atoms with van der Waals surface area (Å²) in [5.41, 5.74) is 4.64. The summed E-state index contributed by atoms with van der Waals surface area (Å²) in [4.78, 5) is 12.3. The van der Waals surface area contributed by atoms with E-state index in [4.69, 9.17) is 9.98 Å². The second-order valence-corrected chi connectivity index (χ2v) is 11.7. The number of imidazole rings is 1. The molecule has 34 heavy (non-hydrogen) atoms. The van der Waals surface area contributed by atoms with Gasteiger partial charge in [-0.25, -0.2) is 9.98 Å². The number of nitrogens with zero attached hydrogens (tertiary/aromatic N) is 4. The second-order valence-electron chi connectivity index (χ2n) is 11.7. The third-order valence-corrected chi connectivity index (χ3v) is 6.80. The van der Waals surface area contributed by atoms with E-state index in [1.54, 1.807) is 0 Å². The van der Waals surface area contributed by atoms with Crippen LogP contribution in [0.15, 0.2) is 41.4 Å². The first-order valence-corrected chi connectivity index (χ1v) is 12.6. The Kier molecular flexibility index (Phi) is 6.86. The van der Waals surface area contributed by atoms with Gasteiger partial charge in [-0.1, -0.05) is 60.1 Å². The number of rotatable bonds is 5. The fraction of sp³-hybridized carbons (Fsp3) is 0.517. The van der Waals surface area contributed by atoms with Crippen LogP contribution in [0, 0.1) is 0 Å². The third kappa shape index (κ3) is 5.35. The van der Waals surface area contributed by atoms with Crippen LogP contribution in [0.5, 0.6) is 5.75 Å². The van der Waals surface area contributed by atoms with E-state index in [0.29, 0.717) is 5.75 Å². The van der Waals surface area contributed by atoms with E-state index >= 15 is 0 Å². The molecule has 0 radical (unpaired) electrons. The van der Waals surface area contributed by atoms with Crippen molar-refractivity contribution in [1.29, 1.82) is 0 Å². The van der Waals surface area contributed by atoms with Crippen LogP contribution in [0.4, 0.5) is 5.95 Å². The minimum absolute atomic E-state index is 0.171. The summed E-state index contributed by atoms with van der Waals surface area (Å²) in [7, 11) is 0. The topological polar surface area (TPSA) is 53.7 Å². The SMILES string of the molecule is CC(C)(C)c1cc(/C=N/c2nc3ccccc3n2CCN2CCCCC2)cc(C(C)(C)C)c1O. The van der Waals surface area contributed by atoms with Crippen LogP contribution < -0.4 is 0 Å². The van der Waals surface area contributed by atoms with Gasteiger partial charge in [-0.2, -0.15) is 0 Å². The molecule has 1 fully saturated rings. The molecule has 2 aromatic carbocycles. The molecule has 0 atom stereocenters. The molecular weight excluding hydrogens is 420 g/mol. The van der Waals surface area contributed by atoms with Crippen molar-refractivity contribution < 1.29 is 5.11 Å². The maximum Gasteiger partial charge on any atom is 0.230 e. The van der Waals surface area contributed by atoms with E-state index in [1.807, 2.05) is 12.3 Å². The summed E-state index contributed by atoms with van der Waals surface area (Å²) >= 11 is 0. The molecule has 0 amide bonds. The lowest BCUT2D eigenvalue weighted by atomic mass is 9.78. The number of fused-ring (bicyclic) bond motifs is 1. The number of benzene rings is 2. The predicted octanol–water partition coefficient (Wildman–Crippen LogP) is 6.57. The van der Waals surface area contributed by atoms with Crippen LogP contribution >= 0.6 is 0 Å². The summed E-state index contributed by atoms with van der Waals surface area (Å²) in [6.45, 7) is 17.1. The fourth-order valence-electron chi connectivity index (χ4n) is 4.81. The zero-order valence-corrected chi connectivity index (χ0v) is 21.7. The quantitative estimate of drug-likeness (QED) is 0.438. The minimum atomic E-state index is -0.171. The average molecular weight is 461 g/mol. The molecule has 1 aliphatic rings. The average Bonchev–Trinajstić information content (AvgIpc) is 3.13. The van der Waals surface area contributed by atoms with E-state index in [9.17, 15) is 5.11 Å². The Labute approximate surface area is 204 Å². The van der Waals surface area contributed by atoms with Crippen LogP contribution in [0.25, 0.3) is 11.0 Å². The number of likely N-dealkylation sites (tertiary alicyclic amines) is 1. The Morgan fingerprint density at radius 3 is 2.15 bits per heavy atom. The molecule has 182 valence electrons. The van der Waals surface area contributed by atoms with E-state index in [1.165, 1.54) is 32.4 Å². The third-order valence-electron chi connectivity index (χ3n) is 6.80.